The molecule has 5 nitrogen and oxygen atoms in total. The maximum absolute atomic E-state index is 13.4. The summed E-state index contributed by atoms with van der Waals surface area (Å²) in [4.78, 5) is 13.2. The Bertz CT molecular complexity index is 975. The second kappa shape index (κ2) is 8.59. The molecule has 0 aromatic heterocycles. The molecule has 0 bridgehead atoms. The van der Waals surface area contributed by atoms with Crippen molar-refractivity contribution >= 4 is 33.4 Å². The summed E-state index contributed by atoms with van der Waals surface area (Å²) >= 11 is 1.57. The maximum Gasteiger partial charge on any atom is 0.243 e. The second-order valence-corrected chi connectivity index (χ2v) is 9.29. The van der Waals surface area contributed by atoms with Crippen LogP contribution in [0.5, 0.6) is 0 Å². The topological polar surface area (TPSA) is 66.5 Å². The third-order valence-corrected chi connectivity index (χ3v) is 7.31. The highest BCUT2D eigenvalue weighted by Crippen LogP contribution is 2.26. The summed E-state index contributed by atoms with van der Waals surface area (Å²) in [7, 11) is -3.93. The van der Waals surface area contributed by atoms with Crippen LogP contribution in [0, 0.1) is 17.6 Å². The highest BCUT2D eigenvalue weighted by molar-refractivity contribution is 7.98. The lowest BCUT2D eigenvalue weighted by Gasteiger charge is -2.30. The lowest BCUT2D eigenvalue weighted by Crippen LogP contribution is -2.41. The van der Waals surface area contributed by atoms with E-state index in [1.54, 1.807) is 17.8 Å². The van der Waals surface area contributed by atoms with E-state index < -0.39 is 21.7 Å². The van der Waals surface area contributed by atoms with Crippen molar-refractivity contribution in [3.8, 4) is 0 Å². The lowest BCUT2D eigenvalue weighted by molar-refractivity contribution is -0.120. The van der Waals surface area contributed by atoms with E-state index in [4.69, 9.17) is 0 Å². The first kappa shape index (κ1) is 20.8. The molecule has 0 radical (unpaired) electrons. The molecule has 1 aliphatic rings. The van der Waals surface area contributed by atoms with Gasteiger partial charge in [-0.1, -0.05) is 6.07 Å². The van der Waals surface area contributed by atoms with E-state index >= 15 is 0 Å². The minimum Gasteiger partial charge on any atom is -0.326 e. The van der Waals surface area contributed by atoms with E-state index in [0.29, 0.717) is 24.6 Å². The van der Waals surface area contributed by atoms with Gasteiger partial charge in [-0.15, -0.1) is 11.8 Å². The van der Waals surface area contributed by atoms with Gasteiger partial charge in [0.25, 0.3) is 0 Å². The molecule has 28 heavy (non-hydrogen) atoms. The molecular formula is C19H20F2N2O3S2. The summed E-state index contributed by atoms with van der Waals surface area (Å²) in [5.41, 5.74) is 0.702. The molecule has 0 unspecified atom stereocenters. The van der Waals surface area contributed by atoms with Crippen LogP contribution in [-0.2, 0) is 14.8 Å². The van der Waals surface area contributed by atoms with Crippen LogP contribution < -0.4 is 5.32 Å². The summed E-state index contributed by atoms with van der Waals surface area (Å²) in [5, 5.41) is 2.87. The minimum absolute atomic E-state index is 0.143. The first-order valence-corrected chi connectivity index (χ1v) is 11.4. The highest BCUT2D eigenvalue weighted by Gasteiger charge is 2.32. The van der Waals surface area contributed by atoms with E-state index in [9.17, 15) is 22.0 Å². The number of carbonyl (C=O) groups excluding carboxylic acids is 1. The number of thioether (sulfide) groups is 1. The van der Waals surface area contributed by atoms with Crippen molar-refractivity contribution in [1.82, 2.24) is 4.31 Å². The van der Waals surface area contributed by atoms with E-state index in [0.717, 1.165) is 17.0 Å². The molecule has 0 spiro atoms. The Morgan fingerprint density at radius 2 is 1.82 bits per heavy atom. The zero-order valence-electron chi connectivity index (χ0n) is 15.2. The number of halogens is 2. The molecule has 9 heteroatoms. The highest BCUT2D eigenvalue weighted by atomic mass is 32.2. The molecule has 1 heterocycles. The molecule has 1 saturated heterocycles. The standard InChI is InChI=1S/C19H20F2N2O3S2/c1-27-15-4-2-3-14(11-15)22-19(24)13-7-9-23(10-8-13)28(25,26)16-5-6-17(20)18(21)12-16/h2-6,11-13H,7-10H2,1H3,(H,22,24). The average Bonchev–Trinajstić information content (AvgIpc) is 2.70. The predicted octanol–water partition coefficient (Wildman–Crippen LogP) is 3.73. The molecule has 2 aromatic rings. The largest absolute Gasteiger partial charge is 0.326 e. The van der Waals surface area contributed by atoms with E-state index in [2.05, 4.69) is 5.32 Å². The molecule has 1 amide bonds. The van der Waals surface area contributed by atoms with Crippen molar-refractivity contribution in [2.24, 2.45) is 5.92 Å². The number of anilines is 1. The fourth-order valence-corrected chi connectivity index (χ4v) is 5.03. The summed E-state index contributed by atoms with van der Waals surface area (Å²) in [6.07, 6.45) is 2.66. The molecular weight excluding hydrogens is 406 g/mol. The normalized spacial score (nSPS) is 16.1. The molecule has 0 aliphatic carbocycles. The van der Waals surface area contributed by atoms with Gasteiger partial charge in [-0.05, 0) is 55.5 Å². The number of piperidine rings is 1. The number of sulfonamides is 1. The van der Waals surface area contributed by atoms with Crippen LogP contribution in [0.3, 0.4) is 0 Å². The van der Waals surface area contributed by atoms with Gasteiger partial charge in [0.2, 0.25) is 15.9 Å². The van der Waals surface area contributed by atoms with Gasteiger partial charge in [0.05, 0.1) is 4.90 Å². The zero-order valence-corrected chi connectivity index (χ0v) is 16.8. The number of carbonyl (C=O) groups is 1. The van der Waals surface area contributed by atoms with Crippen LogP contribution in [-0.4, -0.2) is 38.0 Å². The molecule has 0 saturated carbocycles. The molecule has 1 aliphatic heterocycles. The van der Waals surface area contributed by atoms with Crippen LogP contribution in [0.15, 0.2) is 52.3 Å². The number of amides is 1. The van der Waals surface area contributed by atoms with Crippen LogP contribution in [0.2, 0.25) is 0 Å². The fraction of sp³-hybridized carbons (Fsp3) is 0.316. The molecule has 150 valence electrons. The van der Waals surface area contributed by atoms with E-state index in [-0.39, 0.29) is 29.8 Å². The van der Waals surface area contributed by atoms with Crippen molar-refractivity contribution in [3.05, 3.63) is 54.1 Å². The molecule has 1 N–H and O–H groups in total. The first-order chi connectivity index (χ1) is 13.3. The Morgan fingerprint density at radius 3 is 2.46 bits per heavy atom. The van der Waals surface area contributed by atoms with Gasteiger partial charge in [-0.3, -0.25) is 4.79 Å². The number of nitrogens with zero attached hydrogens (tertiary/aromatic N) is 1. The van der Waals surface area contributed by atoms with Crippen LogP contribution in [0.1, 0.15) is 12.8 Å². The first-order valence-electron chi connectivity index (χ1n) is 8.71. The number of nitrogens with one attached hydrogen (secondary N) is 1. The Labute approximate surface area is 167 Å². The molecule has 2 aromatic carbocycles. The van der Waals surface area contributed by atoms with E-state index in [1.807, 2.05) is 24.5 Å². The summed E-state index contributed by atoms with van der Waals surface area (Å²) in [6, 6.07) is 10.0. The van der Waals surface area contributed by atoms with Crippen LogP contribution in [0.4, 0.5) is 14.5 Å². The Morgan fingerprint density at radius 1 is 1.11 bits per heavy atom. The smallest absolute Gasteiger partial charge is 0.243 e. The van der Waals surface area contributed by atoms with Crippen LogP contribution >= 0.6 is 11.8 Å². The minimum atomic E-state index is -3.93. The molecule has 1 fully saturated rings. The van der Waals surface area contributed by atoms with Gasteiger partial charge in [-0.2, -0.15) is 4.31 Å². The zero-order chi connectivity index (χ0) is 20.3. The number of benzene rings is 2. The monoisotopic (exact) mass is 426 g/mol. The third-order valence-electron chi connectivity index (χ3n) is 4.69. The summed E-state index contributed by atoms with van der Waals surface area (Å²) < 4.78 is 52.9. The van der Waals surface area contributed by atoms with Crippen LogP contribution in [0.25, 0.3) is 0 Å². The van der Waals surface area contributed by atoms with Gasteiger partial charge in [0.15, 0.2) is 11.6 Å². The average molecular weight is 427 g/mol. The summed E-state index contributed by atoms with van der Waals surface area (Å²) in [5.74, 6) is -2.76. The Hall–Kier alpha value is -1.97. The maximum atomic E-state index is 13.4. The van der Waals surface area contributed by atoms with Crippen molar-refractivity contribution in [1.29, 1.82) is 0 Å². The lowest BCUT2D eigenvalue weighted by atomic mass is 9.97. The van der Waals surface area contributed by atoms with E-state index in [1.165, 1.54) is 4.31 Å². The molecule has 3 rings (SSSR count). The van der Waals surface area contributed by atoms with Gasteiger partial charge in [0, 0.05) is 29.6 Å². The van der Waals surface area contributed by atoms with Crippen molar-refractivity contribution in [2.75, 3.05) is 24.7 Å². The Kier molecular flexibility index (Phi) is 6.36. The predicted molar refractivity (Wildman–Crippen MR) is 105 cm³/mol. The quantitative estimate of drug-likeness (QED) is 0.740. The van der Waals surface area contributed by atoms with Gasteiger partial charge in [0.1, 0.15) is 0 Å². The second-order valence-electron chi connectivity index (χ2n) is 6.48. The SMILES string of the molecule is CSc1cccc(NC(=O)C2CCN(S(=O)(=O)c3ccc(F)c(F)c3)CC2)c1. The van der Waals surface area contributed by atoms with Gasteiger partial charge < -0.3 is 5.32 Å². The number of rotatable bonds is 5. The number of hydrogen-bond donors (Lipinski definition) is 1. The summed E-state index contributed by atoms with van der Waals surface area (Å²) in [6.45, 7) is 0.286. The van der Waals surface area contributed by atoms with Crippen molar-refractivity contribution in [2.45, 2.75) is 22.6 Å². The fourth-order valence-electron chi connectivity index (χ4n) is 3.09. The van der Waals surface area contributed by atoms with Gasteiger partial charge in [-0.25, -0.2) is 17.2 Å². The number of hydrogen-bond acceptors (Lipinski definition) is 4. The van der Waals surface area contributed by atoms with Gasteiger partial charge >= 0.3 is 0 Å². The Balaban J connectivity index is 1.63. The van der Waals surface area contributed by atoms with Crippen molar-refractivity contribution in [3.63, 3.8) is 0 Å². The third kappa shape index (κ3) is 4.53. The van der Waals surface area contributed by atoms with Crippen molar-refractivity contribution < 1.29 is 22.0 Å². The molecule has 0 atom stereocenters.